The van der Waals surface area contributed by atoms with Gasteiger partial charge in [0.25, 0.3) is 0 Å². The second kappa shape index (κ2) is 4.48. The molecule has 0 saturated heterocycles. The van der Waals surface area contributed by atoms with Gasteiger partial charge in [0.15, 0.2) is 0 Å². The average Bonchev–Trinajstić information content (AvgIpc) is 2.37. The highest BCUT2D eigenvalue weighted by Gasteiger charge is 2.08. The molecule has 4 nitrogen and oxygen atoms in total. The number of aromatic nitrogens is 2. The normalized spacial score (nSPS) is 10.1. The summed E-state index contributed by atoms with van der Waals surface area (Å²) < 4.78 is 1.47. The van der Waals surface area contributed by atoms with E-state index < -0.39 is 0 Å². The van der Waals surface area contributed by atoms with E-state index in [0.29, 0.717) is 16.7 Å². The molecule has 13 heavy (non-hydrogen) atoms. The van der Waals surface area contributed by atoms with Gasteiger partial charge in [-0.2, -0.15) is 5.10 Å². The lowest BCUT2D eigenvalue weighted by Crippen LogP contribution is -2.11. The van der Waals surface area contributed by atoms with Crippen LogP contribution in [0.15, 0.2) is 6.20 Å². The number of carbonyl (C=O) groups is 1. The smallest absolute Gasteiger partial charge is 0.225 e. The first-order chi connectivity index (χ1) is 6.15. The van der Waals surface area contributed by atoms with Crippen LogP contribution in [0.1, 0.15) is 6.42 Å². The molecule has 0 atom stereocenters. The second-order valence-electron chi connectivity index (χ2n) is 2.46. The summed E-state index contributed by atoms with van der Waals surface area (Å²) in [6.07, 6.45) is 1.77. The molecule has 0 aliphatic carbocycles. The van der Waals surface area contributed by atoms with Gasteiger partial charge in [0.05, 0.1) is 11.9 Å². The molecule has 0 aromatic carbocycles. The van der Waals surface area contributed by atoms with Crippen molar-refractivity contribution in [2.75, 3.05) is 11.2 Å². The molecule has 1 rings (SSSR count). The van der Waals surface area contributed by atoms with Crippen LogP contribution in [-0.4, -0.2) is 21.6 Å². The van der Waals surface area contributed by atoms with Gasteiger partial charge in [-0.05, 0) is 0 Å². The van der Waals surface area contributed by atoms with E-state index in [4.69, 9.17) is 23.2 Å². The van der Waals surface area contributed by atoms with Crippen LogP contribution in [0.25, 0.3) is 0 Å². The molecule has 0 radical (unpaired) electrons. The lowest BCUT2D eigenvalue weighted by molar-refractivity contribution is -0.115. The summed E-state index contributed by atoms with van der Waals surface area (Å²) in [7, 11) is 1.69. The first-order valence-electron chi connectivity index (χ1n) is 3.68. The van der Waals surface area contributed by atoms with Gasteiger partial charge < -0.3 is 5.32 Å². The number of carbonyl (C=O) groups excluding carboxylic acids is 1. The van der Waals surface area contributed by atoms with E-state index in [0.717, 1.165) is 0 Å². The van der Waals surface area contributed by atoms with Crippen molar-refractivity contribution in [2.45, 2.75) is 6.42 Å². The zero-order valence-electron chi connectivity index (χ0n) is 7.05. The fourth-order valence-electron chi connectivity index (χ4n) is 0.805. The van der Waals surface area contributed by atoms with Crippen LogP contribution >= 0.6 is 23.2 Å². The van der Waals surface area contributed by atoms with E-state index in [9.17, 15) is 4.79 Å². The molecule has 0 spiro atoms. The summed E-state index contributed by atoms with van der Waals surface area (Å²) in [6.45, 7) is 0. The number of amides is 1. The number of nitrogens with zero attached hydrogens (tertiary/aromatic N) is 2. The summed E-state index contributed by atoms with van der Waals surface area (Å²) in [5.41, 5.74) is 0.513. The van der Waals surface area contributed by atoms with E-state index in [-0.39, 0.29) is 12.3 Å². The van der Waals surface area contributed by atoms with Crippen LogP contribution in [0.4, 0.5) is 5.69 Å². The molecule has 6 heteroatoms. The van der Waals surface area contributed by atoms with Crippen molar-refractivity contribution in [3.05, 3.63) is 11.3 Å². The topological polar surface area (TPSA) is 46.9 Å². The van der Waals surface area contributed by atoms with E-state index in [1.54, 1.807) is 7.05 Å². The van der Waals surface area contributed by atoms with Gasteiger partial charge in [-0.1, -0.05) is 11.6 Å². The summed E-state index contributed by atoms with van der Waals surface area (Å²) >= 11 is 11.2. The highest BCUT2D eigenvalue weighted by Crippen LogP contribution is 2.19. The Hall–Kier alpha value is -0.740. The second-order valence-corrected chi connectivity index (χ2v) is 3.20. The number of halogens is 2. The Bertz CT molecular complexity index is 311. The molecule has 0 aliphatic rings. The van der Waals surface area contributed by atoms with Gasteiger partial charge in [0.2, 0.25) is 5.91 Å². The van der Waals surface area contributed by atoms with Gasteiger partial charge in [-0.15, -0.1) is 11.6 Å². The van der Waals surface area contributed by atoms with Crippen molar-refractivity contribution in [1.29, 1.82) is 0 Å². The molecule has 1 aromatic rings. The van der Waals surface area contributed by atoms with Gasteiger partial charge in [-0.3, -0.25) is 9.48 Å². The van der Waals surface area contributed by atoms with Crippen LogP contribution in [0, 0.1) is 0 Å². The predicted molar refractivity (Wildman–Crippen MR) is 52.2 cm³/mol. The number of anilines is 1. The highest BCUT2D eigenvalue weighted by atomic mass is 35.5. The monoisotopic (exact) mass is 221 g/mol. The van der Waals surface area contributed by atoms with Crippen molar-refractivity contribution in [2.24, 2.45) is 7.05 Å². The van der Waals surface area contributed by atoms with Gasteiger partial charge in [-0.25, -0.2) is 0 Å². The Labute approximate surface area is 85.8 Å². The zero-order valence-corrected chi connectivity index (χ0v) is 8.56. The minimum atomic E-state index is -0.162. The number of alkyl halides is 1. The molecule has 72 valence electrons. The maximum Gasteiger partial charge on any atom is 0.225 e. The van der Waals surface area contributed by atoms with E-state index >= 15 is 0 Å². The lowest BCUT2D eigenvalue weighted by Gasteiger charge is -2.00. The van der Waals surface area contributed by atoms with E-state index in [1.807, 2.05) is 0 Å². The minimum Gasteiger partial charge on any atom is -0.322 e. The number of rotatable bonds is 3. The molecule has 0 aliphatic heterocycles. The number of aryl methyl sites for hydroxylation is 1. The Kier molecular flexibility index (Phi) is 3.57. The predicted octanol–water partition coefficient (Wildman–Crippen LogP) is 1.64. The zero-order chi connectivity index (χ0) is 9.84. The van der Waals surface area contributed by atoms with Crippen LogP contribution < -0.4 is 5.32 Å². The average molecular weight is 222 g/mol. The van der Waals surface area contributed by atoms with Crippen molar-refractivity contribution >= 4 is 34.8 Å². The number of hydrogen-bond donors (Lipinski definition) is 1. The Balaban J connectivity index is 2.64. The third-order valence-corrected chi connectivity index (χ3v) is 2.10. The highest BCUT2D eigenvalue weighted by molar-refractivity contribution is 6.32. The lowest BCUT2D eigenvalue weighted by atomic mass is 10.4. The fraction of sp³-hybridized carbons (Fsp3) is 0.429. The Morgan fingerprint density at radius 2 is 2.46 bits per heavy atom. The first-order valence-corrected chi connectivity index (χ1v) is 4.59. The molecule has 0 fully saturated rings. The van der Waals surface area contributed by atoms with Gasteiger partial charge in [0.1, 0.15) is 5.15 Å². The SMILES string of the molecule is Cn1ncc(NC(=O)CCCl)c1Cl. The molecule has 0 saturated carbocycles. The molecular formula is C7H9Cl2N3O. The molecule has 1 heterocycles. The standard InChI is InChI=1S/C7H9Cl2N3O/c1-12-7(9)5(4-10-12)11-6(13)2-3-8/h4H,2-3H2,1H3,(H,11,13). The molecule has 1 N–H and O–H groups in total. The van der Waals surface area contributed by atoms with Gasteiger partial charge in [0, 0.05) is 19.3 Å². The van der Waals surface area contributed by atoms with Crippen LogP contribution in [0.3, 0.4) is 0 Å². The number of nitrogens with one attached hydrogen (secondary N) is 1. The van der Waals surface area contributed by atoms with Crippen LogP contribution in [0.5, 0.6) is 0 Å². The maximum absolute atomic E-state index is 11.1. The third kappa shape index (κ3) is 2.60. The summed E-state index contributed by atoms with van der Waals surface area (Å²) in [6, 6.07) is 0. The molecule has 1 amide bonds. The Morgan fingerprint density at radius 1 is 1.77 bits per heavy atom. The quantitative estimate of drug-likeness (QED) is 0.790. The van der Waals surface area contributed by atoms with E-state index in [2.05, 4.69) is 10.4 Å². The summed E-state index contributed by atoms with van der Waals surface area (Å²) in [5.74, 6) is 0.133. The first kappa shape index (κ1) is 10.3. The van der Waals surface area contributed by atoms with Crippen molar-refractivity contribution in [3.8, 4) is 0 Å². The molecule has 0 bridgehead atoms. The maximum atomic E-state index is 11.1. The molecule has 0 unspecified atom stereocenters. The van der Waals surface area contributed by atoms with Crippen molar-refractivity contribution in [1.82, 2.24) is 9.78 Å². The minimum absolute atomic E-state index is 0.162. The van der Waals surface area contributed by atoms with Crippen LogP contribution in [0.2, 0.25) is 5.15 Å². The molecule has 1 aromatic heterocycles. The Morgan fingerprint density at radius 3 is 2.92 bits per heavy atom. The fourth-order valence-corrected chi connectivity index (χ4v) is 1.12. The third-order valence-electron chi connectivity index (χ3n) is 1.46. The van der Waals surface area contributed by atoms with Crippen molar-refractivity contribution < 1.29 is 4.79 Å². The number of hydrogen-bond acceptors (Lipinski definition) is 2. The summed E-state index contributed by atoms with van der Waals surface area (Å²) in [5, 5.41) is 6.87. The van der Waals surface area contributed by atoms with Crippen molar-refractivity contribution in [3.63, 3.8) is 0 Å². The largest absolute Gasteiger partial charge is 0.322 e. The van der Waals surface area contributed by atoms with Crippen LogP contribution in [-0.2, 0) is 11.8 Å². The summed E-state index contributed by atoms with van der Waals surface area (Å²) in [4.78, 5) is 11.1. The van der Waals surface area contributed by atoms with E-state index in [1.165, 1.54) is 10.9 Å². The molecular weight excluding hydrogens is 213 g/mol. The van der Waals surface area contributed by atoms with Gasteiger partial charge >= 0.3 is 0 Å².